The molecule has 1 heterocycles. The highest BCUT2D eigenvalue weighted by Gasteiger charge is 2.16. The Morgan fingerprint density at radius 2 is 2.45 bits per heavy atom. The molecule has 0 aromatic rings. The Labute approximate surface area is 67.3 Å². The molecular formula is C8H15NO2. The first-order valence-electron chi connectivity index (χ1n) is 4.20. The molecule has 1 aliphatic rings. The van der Waals surface area contributed by atoms with Gasteiger partial charge in [-0.2, -0.15) is 0 Å². The fourth-order valence-corrected chi connectivity index (χ4v) is 1.14. The van der Waals surface area contributed by atoms with Gasteiger partial charge in [-0.1, -0.05) is 13.3 Å². The standard InChI is InChI=1S/C8H15NO2/c1-2-3-4-9-5-6-11-7-8(9)10/h2-7H2,1H3. The number of hydrogen-bond acceptors (Lipinski definition) is 2. The predicted octanol–water partition coefficient (Wildman–Crippen LogP) is 0.645. The Morgan fingerprint density at radius 1 is 1.64 bits per heavy atom. The largest absolute Gasteiger partial charge is 0.370 e. The van der Waals surface area contributed by atoms with Crippen molar-refractivity contribution in [3.63, 3.8) is 0 Å². The number of morpholine rings is 1. The zero-order chi connectivity index (χ0) is 8.10. The Bertz CT molecular complexity index is 136. The zero-order valence-corrected chi connectivity index (χ0v) is 7.01. The molecule has 0 radical (unpaired) electrons. The Hall–Kier alpha value is -0.570. The summed E-state index contributed by atoms with van der Waals surface area (Å²) in [4.78, 5) is 13.0. The number of nitrogens with zero attached hydrogens (tertiary/aromatic N) is 1. The summed E-state index contributed by atoms with van der Waals surface area (Å²) in [6.45, 7) is 4.79. The second kappa shape index (κ2) is 4.34. The highest BCUT2D eigenvalue weighted by Crippen LogP contribution is 2.00. The summed E-state index contributed by atoms with van der Waals surface area (Å²) in [5.74, 6) is 0.143. The van der Waals surface area contributed by atoms with Crippen LogP contribution in [0.25, 0.3) is 0 Å². The molecule has 0 unspecified atom stereocenters. The molecule has 1 rings (SSSR count). The van der Waals surface area contributed by atoms with Crippen molar-refractivity contribution in [3.8, 4) is 0 Å². The third kappa shape index (κ3) is 2.50. The number of rotatable bonds is 3. The quantitative estimate of drug-likeness (QED) is 0.602. The van der Waals surface area contributed by atoms with Crippen molar-refractivity contribution in [1.29, 1.82) is 0 Å². The van der Waals surface area contributed by atoms with Crippen LogP contribution in [-0.4, -0.2) is 37.1 Å². The minimum Gasteiger partial charge on any atom is -0.370 e. The van der Waals surface area contributed by atoms with Crippen molar-refractivity contribution >= 4 is 5.91 Å². The molecular weight excluding hydrogens is 142 g/mol. The van der Waals surface area contributed by atoms with E-state index in [1.807, 2.05) is 4.90 Å². The van der Waals surface area contributed by atoms with Crippen molar-refractivity contribution in [1.82, 2.24) is 4.90 Å². The van der Waals surface area contributed by atoms with Crippen LogP contribution in [0.15, 0.2) is 0 Å². The number of unbranched alkanes of at least 4 members (excludes halogenated alkanes) is 1. The van der Waals surface area contributed by atoms with E-state index in [-0.39, 0.29) is 12.5 Å². The zero-order valence-electron chi connectivity index (χ0n) is 7.01. The molecule has 0 N–H and O–H groups in total. The molecule has 64 valence electrons. The maximum absolute atomic E-state index is 11.1. The van der Waals surface area contributed by atoms with Crippen molar-refractivity contribution in [2.24, 2.45) is 0 Å². The van der Waals surface area contributed by atoms with Gasteiger partial charge in [0.2, 0.25) is 5.91 Å². The first kappa shape index (κ1) is 8.53. The van der Waals surface area contributed by atoms with Crippen LogP contribution >= 0.6 is 0 Å². The van der Waals surface area contributed by atoms with Gasteiger partial charge in [-0.15, -0.1) is 0 Å². The van der Waals surface area contributed by atoms with Crippen molar-refractivity contribution in [3.05, 3.63) is 0 Å². The minimum absolute atomic E-state index is 0.143. The molecule has 11 heavy (non-hydrogen) atoms. The summed E-state index contributed by atoms with van der Waals surface area (Å²) in [6, 6.07) is 0. The van der Waals surface area contributed by atoms with Gasteiger partial charge < -0.3 is 9.64 Å². The molecule has 1 aliphatic heterocycles. The van der Waals surface area contributed by atoms with Crippen LogP contribution in [0.1, 0.15) is 19.8 Å². The summed E-state index contributed by atoms with van der Waals surface area (Å²) in [5.41, 5.74) is 0. The first-order chi connectivity index (χ1) is 5.34. The van der Waals surface area contributed by atoms with E-state index < -0.39 is 0 Å². The molecule has 0 aromatic carbocycles. The smallest absolute Gasteiger partial charge is 0.248 e. The van der Waals surface area contributed by atoms with E-state index in [9.17, 15) is 4.79 Å². The van der Waals surface area contributed by atoms with Crippen LogP contribution in [0.2, 0.25) is 0 Å². The molecule has 0 aromatic heterocycles. The van der Waals surface area contributed by atoms with E-state index >= 15 is 0 Å². The average Bonchev–Trinajstić information content (AvgIpc) is 2.03. The molecule has 3 nitrogen and oxygen atoms in total. The molecule has 0 bridgehead atoms. The van der Waals surface area contributed by atoms with Crippen molar-refractivity contribution < 1.29 is 9.53 Å². The predicted molar refractivity (Wildman–Crippen MR) is 42.3 cm³/mol. The molecule has 1 amide bonds. The van der Waals surface area contributed by atoms with Gasteiger partial charge in [0.05, 0.1) is 6.61 Å². The van der Waals surface area contributed by atoms with Gasteiger partial charge in [0, 0.05) is 13.1 Å². The minimum atomic E-state index is 0.143. The lowest BCUT2D eigenvalue weighted by Gasteiger charge is -2.26. The van der Waals surface area contributed by atoms with Gasteiger partial charge in [-0.05, 0) is 6.42 Å². The third-order valence-electron chi connectivity index (χ3n) is 1.87. The van der Waals surface area contributed by atoms with E-state index in [0.717, 1.165) is 25.9 Å². The molecule has 3 heteroatoms. The summed E-state index contributed by atoms with van der Waals surface area (Å²) < 4.78 is 5.00. The summed E-state index contributed by atoms with van der Waals surface area (Å²) in [5, 5.41) is 0. The average molecular weight is 157 g/mol. The number of amides is 1. The lowest BCUT2D eigenvalue weighted by atomic mass is 10.3. The van der Waals surface area contributed by atoms with Crippen molar-refractivity contribution in [2.45, 2.75) is 19.8 Å². The maximum atomic E-state index is 11.1. The molecule has 0 aliphatic carbocycles. The van der Waals surface area contributed by atoms with Crippen LogP contribution in [-0.2, 0) is 9.53 Å². The molecule has 1 fully saturated rings. The van der Waals surface area contributed by atoms with E-state index in [4.69, 9.17) is 4.74 Å². The maximum Gasteiger partial charge on any atom is 0.248 e. The second-order valence-electron chi connectivity index (χ2n) is 2.79. The van der Waals surface area contributed by atoms with E-state index in [1.165, 1.54) is 0 Å². The van der Waals surface area contributed by atoms with Crippen LogP contribution in [0.3, 0.4) is 0 Å². The third-order valence-corrected chi connectivity index (χ3v) is 1.87. The summed E-state index contributed by atoms with van der Waals surface area (Å²) in [6.07, 6.45) is 2.25. The monoisotopic (exact) mass is 157 g/mol. The number of carbonyl (C=O) groups excluding carboxylic acids is 1. The van der Waals surface area contributed by atoms with Crippen LogP contribution in [0, 0.1) is 0 Å². The van der Waals surface area contributed by atoms with E-state index in [2.05, 4.69) is 6.92 Å². The van der Waals surface area contributed by atoms with Crippen LogP contribution in [0.4, 0.5) is 0 Å². The Balaban J connectivity index is 2.24. The number of carbonyl (C=O) groups is 1. The van der Waals surface area contributed by atoms with Gasteiger partial charge >= 0.3 is 0 Å². The highest BCUT2D eigenvalue weighted by atomic mass is 16.5. The van der Waals surface area contributed by atoms with Gasteiger partial charge in [0.25, 0.3) is 0 Å². The normalized spacial score (nSPS) is 19.0. The lowest BCUT2D eigenvalue weighted by molar-refractivity contribution is -0.142. The summed E-state index contributed by atoms with van der Waals surface area (Å²) in [7, 11) is 0. The van der Waals surface area contributed by atoms with E-state index in [1.54, 1.807) is 0 Å². The highest BCUT2D eigenvalue weighted by molar-refractivity contribution is 5.77. The van der Waals surface area contributed by atoms with Gasteiger partial charge in [0.1, 0.15) is 6.61 Å². The molecule has 0 spiro atoms. The van der Waals surface area contributed by atoms with Crippen LogP contribution < -0.4 is 0 Å². The number of hydrogen-bond donors (Lipinski definition) is 0. The van der Waals surface area contributed by atoms with Crippen LogP contribution in [0.5, 0.6) is 0 Å². The lowest BCUT2D eigenvalue weighted by Crippen LogP contribution is -2.41. The van der Waals surface area contributed by atoms with Gasteiger partial charge in [-0.25, -0.2) is 0 Å². The van der Waals surface area contributed by atoms with Gasteiger partial charge in [0.15, 0.2) is 0 Å². The Kier molecular flexibility index (Phi) is 3.36. The topological polar surface area (TPSA) is 29.5 Å². The number of ether oxygens (including phenoxy) is 1. The van der Waals surface area contributed by atoms with Gasteiger partial charge in [-0.3, -0.25) is 4.79 Å². The second-order valence-corrected chi connectivity index (χ2v) is 2.79. The fraction of sp³-hybridized carbons (Fsp3) is 0.875. The van der Waals surface area contributed by atoms with E-state index in [0.29, 0.717) is 6.61 Å². The fourth-order valence-electron chi connectivity index (χ4n) is 1.14. The SMILES string of the molecule is CCCCN1CCOCC1=O. The first-order valence-corrected chi connectivity index (χ1v) is 4.20. The molecule has 1 saturated heterocycles. The molecule has 0 saturated carbocycles. The molecule has 0 atom stereocenters. The van der Waals surface area contributed by atoms with Crippen molar-refractivity contribution in [2.75, 3.05) is 26.3 Å². The Morgan fingerprint density at radius 3 is 3.09 bits per heavy atom. The summed E-state index contributed by atoms with van der Waals surface area (Å²) >= 11 is 0.